The second kappa shape index (κ2) is 7.92. The Morgan fingerprint density at radius 2 is 2.10 bits per heavy atom. The summed E-state index contributed by atoms with van der Waals surface area (Å²) in [4.78, 5) is 16.6. The van der Waals surface area contributed by atoms with Crippen LogP contribution in [0.4, 0.5) is 5.69 Å². The molecule has 1 amide bonds. The van der Waals surface area contributed by atoms with Crippen LogP contribution in [0, 0.1) is 18.8 Å². The van der Waals surface area contributed by atoms with Gasteiger partial charge in [0.1, 0.15) is 4.60 Å². The van der Waals surface area contributed by atoms with E-state index >= 15 is 0 Å². The van der Waals surface area contributed by atoms with Crippen molar-refractivity contribution in [3.8, 4) is 0 Å². The highest BCUT2D eigenvalue weighted by atomic mass is 79.9. The van der Waals surface area contributed by atoms with Crippen molar-refractivity contribution < 1.29 is 4.79 Å². The molecule has 1 aliphatic carbocycles. The van der Waals surface area contributed by atoms with Gasteiger partial charge in [-0.05, 0) is 66.1 Å². The SMILES string of the molecule is CCCCC1CCC(C(=O)Nc2cnc(Br)c(C)c2)CC1. The van der Waals surface area contributed by atoms with E-state index in [1.54, 1.807) is 6.20 Å². The molecular formula is C17H25BrN2O. The maximum atomic E-state index is 12.3. The molecule has 0 atom stereocenters. The highest BCUT2D eigenvalue weighted by molar-refractivity contribution is 9.10. The molecule has 21 heavy (non-hydrogen) atoms. The van der Waals surface area contributed by atoms with Crippen LogP contribution in [0.1, 0.15) is 57.4 Å². The van der Waals surface area contributed by atoms with Crippen molar-refractivity contribution in [2.75, 3.05) is 5.32 Å². The number of nitrogens with one attached hydrogen (secondary N) is 1. The van der Waals surface area contributed by atoms with Gasteiger partial charge in [-0.15, -0.1) is 0 Å². The van der Waals surface area contributed by atoms with Crippen LogP contribution < -0.4 is 5.32 Å². The third kappa shape index (κ3) is 4.80. The summed E-state index contributed by atoms with van der Waals surface area (Å²) < 4.78 is 0.830. The van der Waals surface area contributed by atoms with Crippen LogP contribution in [0.5, 0.6) is 0 Å². The molecule has 0 saturated heterocycles. The Hall–Kier alpha value is -0.900. The fourth-order valence-corrected chi connectivity index (χ4v) is 3.29. The summed E-state index contributed by atoms with van der Waals surface area (Å²) >= 11 is 3.38. The van der Waals surface area contributed by atoms with E-state index in [1.807, 2.05) is 13.0 Å². The average Bonchev–Trinajstić information content (AvgIpc) is 2.49. The van der Waals surface area contributed by atoms with Crippen molar-refractivity contribution in [2.24, 2.45) is 11.8 Å². The molecule has 1 fully saturated rings. The largest absolute Gasteiger partial charge is 0.324 e. The number of aryl methyl sites for hydroxylation is 1. The Morgan fingerprint density at radius 3 is 2.71 bits per heavy atom. The minimum atomic E-state index is 0.160. The molecule has 2 rings (SSSR count). The van der Waals surface area contributed by atoms with Crippen LogP contribution in [-0.4, -0.2) is 10.9 Å². The monoisotopic (exact) mass is 352 g/mol. The smallest absolute Gasteiger partial charge is 0.227 e. The van der Waals surface area contributed by atoms with Gasteiger partial charge in [0.2, 0.25) is 5.91 Å². The normalized spacial score (nSPS) is 22.0. The number of hydrogen-bond acceptors (Lipinski definition) is 2. The number of aromatic nitrogens is 1. The molecule has 116 valence electrons. The third-order valence-corrected chi connectivity index (χ3v) is 5.30. The molecule has 4 heteroatoms. The van der Waals surface area contributed by atoms with Crippen LogP contribution in [0.3, 0.4) is 0 Å². The molecular weight excluding hydrogens is 328 g/mol. The lowest BCUT2D eigenvalue weighted by molar-refractivity contribution is -0.121. The number of halogens is 1. The van der Waals surface area contributed by atoms with Gasteiger partial charge in [0.05, 0.1) is 11.9 Å². The number of nitrogens with zero attached hydrogens (tertiary/aromatic N) is 1. The van der Waals surface area contributed by atoms with Gasteiger partial charge < -0.3 is 5.32 Å². The zero-order valence-electron chi connectivity index (χ0n) is 13.0. The standard InChI is InChI=1S/C17H25BrN2O/c1-3-4-5-13-6-8-14(9-7-13)17(21)20-15-10-12(2)16(18)19-11-15/h10-11,13-14H,3-9H2,1-2H3,(H,20,21). The van der Waals surface area contributed by atoms with Gasteiger partial charge in [0, 0.05) is 5.92 Å². The van der Waals surface area contributed by atoms with Crippen molar-refractivity contribution in [3.05, 3.63) is 22.4 Å². The van der Waals surface area contributed by atoms with Gasteiger partial charge in [-0.25, -0.2) is 4.98 Å². The van der Waals surface area contributed by atoms with Crippen molar-refractivity contribution in [2.45, 2.75) is 58.8 Å². The fourth-order valence-electron chi connectivity index (χ4n) is 3.08. The first-order chi connectivity index (χ1) is 10.1. The quantitative estimate of drug-likeness (QED) is 0.750. The summed E-state index contributed by atoms with van der Waals surface area (Å²) in [5.74, 6) is 1.17. The lowest BCUT2D eigenvalue weighted by Crippen LogP contribution is -2.27. The van der Waals surface area contributed by atoms with Gasteiger partial charge in [-0.3, -0.25) is 4.79 Å². The van der Waals surface area contributed by atoms with Crippen molar-refractivity contribution >= 4 is 27.5 Å². The van der Waals surface area contributed by atoms with Crippen LogP contribution >= 0.6 is 15.9 Å². The van der Waals surface area contributed by atoms with E-state index in [9.17, 15) is 4.79 Å². The first kappa shape index (κ1) is 16.5. The summed E-state index contributed by atoms with van der Waals surface area (Å²) in [6.07, 6.45) is 10.1. The lowest BCUT2D eigenvalue weighted by Gasteiger charge is -2.27. The third-order valence-electron chi connectivity index (χ3n) is 4.47. The van der Waals surface area contributed by atoms with Gasteiger partial charge >= 0.3 is 0 Å². The van der Waals surface area contributed by atoms with E-state index in [0.717, 1.165) is 34.6 Å². The molecule has 1 heterocycles. The fraction of sp³-hybridized carbons (Fsp3) is 0.647. The van der Waals surface area contributed by atoms with E-state index in [4.69, 9.17) is 0 Å². The molecule has 1 aromatic rings. The van der Waals surface area contributed by atoms with Crippen LogP contribution in [-0.2, 0) is 4.79 Å². The lowest BCUT2D eigenvalue weighted by atomic mass is 9.79. The van der Waals surface area contributed by atoms with Crippen LogP contribution in [0.2, 0.25) is 0 Å². The van der Waals surface area contributed by atoms with E-state index in [-0.39, 0.29) is 11.8 Å². The summed E-state index contributed by atoms with van der Waals surface area (Å²) in [6, 6.07) is 1.96. The zero-order chi connectivity index (χ0) is 15.2. The number of anilines is 1. The maximum Gasteiger partial charge on any atom is 0.227 e. The van der Waals surface area contributed by atoms with E-state index in [0.29, 0.717) is 0 Å². The second-order valence-electron chi connectivity index (χ2n) is 6.18. The Bertz CT molecular complexity index is 482. The van der Waals surface area contributed by atoms with E-state index in [1.165, 1.54) is 32.1 Å². The summed E-state index contributed by atoms with van der Waals surface area (Å²) in [5, 5.41) is 3.02. The van der Waals surface area contributed by atoms with Crippen LogP contribution in [0.25, 0.3) is 0 Å². The average molecular weight is 353 g/mol. The van der Waals surface area contributed by atoms with Crippen molar-refractivity contribution in [1.29, 1.82) is 0 Å². The molecule has 1 aliphatic rings. The number of hydrogen-bond donors (Lipinski definition) is 1. The Morgan fingerprint density at radius 1 is 1.38 bits per heavy atom. The topological polar surface area (TPSA) is 42.0 Å². The minimum Gasteiger partial charge on any atom is -0.324 e. The van der Waals surface area contributed by atoms with Gasteiger partial charge in [0.15, 0.2) is 0 Å². The number of carbonyl (C=O) groups excluding carboxylic acids is 1. The van der Waals surface area contributed by atoms with E-state index < -0.39 is 0 Å². The highest BCUT2D eigenvalue weighted by Gasteiger charge is 2.26. The summed E-state index contributed by atoms with van der Waals surface area (Å²) in [7, 11) is 0. The van der Waals surface area contributed by atoms with Crippen molar-refractivity contribution in [1.82, 2.24) is 4.98 Å². The predicted molar refractivity (Wildman–Crippen MR) is 90.3 cm³/mol. The Balaban J connectivity index is 1.83. The molecule has 0 unspecified atom stereocenters. The van der Waals surface area contributed by atoms with Crippen LogP contribution in [0.15, 0.2) is 16.9 Å². The first-order valence-electron chi connectivity index (χ1n) is 8.03. The minimum absolute atomic E-state index is 0.160. The molecule has 0 radical (unpaired) electrons. The molecule has 1 N–H and O–H groups in total. The summed E-state index contributed by atoms with van der Waals surface area (Å²) in [6.45, 7) is 4.22. The number of carbonyl (C=O) groups is 1. The molecule has 1 aromatic heterocycles. The molecule has 0 aromatic carbocycles. The molecule has 0 spiro atoms. The van der Waals surface area contributed by atoms with Gasteiger partial charge in [-0.1, -0.05) is 26.2 Å². The number of rotatable bonds is 5. The number of amides is 1. The maximum absolute atomic E-state index is 12.3. The van der Waals surface area contributed by atoms with Gasteiger partial charge in [-0.2, -0.15) is 0 Å². The predicted octanol–water partition coefficient (Wildman–Crippen LogP) is 5.09. The molecule has 1 saturated carbocycles. The number of unbranched alkanes of at least 4 members (excludes halogenated alkanes) is 1. The van der Waals surface area contributed by atoms with E-state index in [2.05, 4.69) is 33.2 Å². The highest BCUT2D eigenvalue weighted by Crippen LogP contribution is 2.32. The van der Waals surface area contributed by atoms with Gasteiger partial charge in [0.25, 0.3) is 0 Å². The molecule has 3 nitrogen and oxygen atoms in total. The molecule has 0 aliphatic heterocycles. The number of pyridine rings is 1. The Labute approximate surface area is 136 Å². The first-order valence-corrected chi connectivity index (χ1v) is 8.82. The second-order valence-corrected chi connectivity index (χ2v) is 6.93. The molecule has 0 bridgehead atoms. The Kier molecular flexibility index (Phi) is 6.22. The van der Waals surface area contributed by atoms with Crippen molar-refractivity contribution in [3.63, 3.8) is 0 Å². The summed E-state index contributed by atoms with van der Waals surface area (Å²) in [5.41, 5.74) is 1.84. The zero-order valence-corrected chi connectivity index (χ0v) is 14.6.